The van der Waals surface area contributed by atoms with Gasteiger partial charge < -0.3 is 10.2 Å². The van der Waals surface area contributed by atoms with Crippen LogP contribution in [0.3, 0.4) is 0 Å². The van der Waals surface area contributed by atoms with Crippen molar-refractivity contribution in [2.24, 2.45) is 0 Å². The first-order valence-corrected chi connectivity index (χ1v) is 11.1. The third-order valence-corrected chi connectivity index (χ3v) is 5.07. The lowest BCUT2D eigenvalue weighted by molar-refractivity contribution is -0.137. The Kier molecular flexibility index (Phi) is 19.3. The van der Waals surface area contributed by atoms with Crippen LogP contribution in [0.4, 0.5) is 0 Å². The summed E-state index contributed by atoms with van der Waals surface area (Å²) in [4.78, 5) is 10.4. The van der Waals surface area contributed by atoms with Gasteiger partial charge in [0.1, 0.15) is 0 Å². The number of unbranched alkanes of at least 4 members (excludes halogenated alkanes) is 14. The molecule has 2 N–H and O–H groups in total. The molecule has 0 aliphatic carbocycles. The Labute approximate surface area is 156 Å². The van der Waals surface area contributed by atoms with E-state index in [1.807, 2.05) is 0 Å². The maximum absolute atomic E-state index is 10.4. The molecule has 3 nitrogen and oxygen atoms in total. The molecule has 0 unspecified atom stereocenters. The van der Waals surface area contributed by atoms with Crippen LogP contribution in [0.15, 0.2) is 0 Å². The van der Waals surface area contributed by atoms with Gasteiger partial charge >= 0.3 is 5.97 Å². The molecule has 1 atom stereocenters. The summed E-state index contributed by atoms with van der Waals surface area (Å²) in [6.07, 6.45) is 22.0. The van der Waals surface area contributed by atoms with Crippen molar-refractivity contribution in [1.82, 2.24) is 0 Å². The van der Waals surface area contributed by atoms with Crippen LogP contribution in [-0.4, -0.2) is 22.3 Å². The maximum atomic E-state index is 10.4. The van der Waals surface area contributed by atoms with E-state index in [0.717, 1.165) is 32.1 Å². The zero-order valence-electron chi connectivity index (χ0n) is 16.8. The summed E-state index contributed by atoms with van der Waals surface area (Å²) >= 11 is 0. The van der Waals surface area contributed by atoms with Gasteiger partial charge in [-0.15, -0.1) is 0 Å². The van der Waals surface area contributed by atoms with E-state index in [-0.39, 0.29) is 6.10 Å². The van der Waals surface area contributed by atoms with E-state index < -0.39 is 5.97 Å². The molecular formula is C22H44O3. The summed E-state index contributed by atoms with van der Waals surface area (Å²) in [6, 6.07) is 0. The largest absolute Gasteiger partial charge is 0.481 e. The minimum Gasteiger partial charge on any atom is -0.481 e. The van der Waals surface area contributed by atoms with Gasteiger partial charge in [-0.05, 0) is 19.3 Å². The second-order valence-corrected chi connectivity index (χ2v) is 7.68. The van der Waals surface area contributed by atoms with Gasteiger partial charge in [0.2, 0.25) is 0 Å². The van der Waals surface area contributed by atoms with Gasteiger partial charge in [-0.3, -0.25) is 4.79 Å². The highest BCUT2D eigenvalue weighted by Gasteiger charge is 2.03. The van der Waals surface area contributed by atoms with Crippen molar-refractivity contribution in [3.8, 4) is 0 Å². The molecule has 0 saturated heterocycles. The van der Waals surface area contributed by atoms with Crippen molar-refractivity contribution in [2.75, 3.05) is 0 Å². The van der Waals surface area contributed by atoms with E-state index in [1.54, 1.807) is 0 Å². The normalized spacial score (nSPS) is 12.4. The number of carboxylic acids is 1. The molecule has 0 fully saturated rings. The highest BCUT2D eigenvalue weighted by molar-refractivity contribution is 5.66. The van der Waals surface area contributed by atoms with Gasteiger partial charge in [0, 0.05) is 6.42 Å². The molecule has 0 aromatic heterocycles. The molecular weight excluding hydrogens is 312 g/mol. The lowest BCUT2D eigenvalue weighted by atomic mass is 10.0. The van der Waals surface area contributed by atoms with Crippen molar-refractivity contribution in [3.63, 3.8) is 0 Å². The van der Waals surface area contributed by atoms with E-state index in [1.165, 1.54) is 83.5 Å². The highest BCUT2D eigenvalue weighted by atomic mass is 16.4. The highest BCUT2D eigenvalue weighted by Crippen LogP contribution is 2.15. The zero-order chi connectivity index (χ0) is 18.6. The zero-order valence-corrected chi connectivity index (χ0v) is 16.8. The molecule has 150 valence electrons. The van der Waals surface area contributed by atoms with Crippen LogP contribution >= 0.6 is 0 Å². The predicted molar refractivity (Wildman–Crippen MR) is 107 cm³/mol. The number of hydrogen-bond acceptors (Lipinski definition) is 2. The van der Waals surface area contributed by atoms with E-state index in [9.17, 15) is 9.90 Å². The maximum Gasteiger partial charge on any atom is 0.303 e. The smallest absolute Gasteiger partial charge is 0.303 e. The predicted octanol–water partition coefficient (Wildman–Crippen LogP) is 6.86. The molecule has 0 aromatic rings. The van der Waals surface area contributed by atoms with Crippen LogP contribution in [0.5, 0.6) is 0 Å². The first-order chi connectivity index (χ1) is 12.2. The molecule has 0 heterocycles. The van der Waals surface area contributed by atoms with Gasteiger partial charge in [-0.1, -0.05) is 103 Å². The van der Waals surface area contributed by atoms with Gasteiger partial charge in [0.25, 0.3) is 0 Å². The van der Waals surface area contributed by atoms with E-state index in [2.05, 4.69) is 6.92 Å². The average molecular weight is 357 g/mol. The number of aliphatic hydroxyl groups is 1. The molecule has 0 aromatic carbocycles. The van der Waals surface area contributed by atoms with Crippen LogP contribution in [0.25, 0.3) is 0 Å². The van der Waals surface area contributed by atoms with Crippen molar-refractivity contribution < 1.29 is 15.0 Å². The quantitative estimate of drug-likeness (QED) is 0.234. The third kappa shape index (κ3) is 21.4. The SMILES string of the molecule is CCCCCCCCC[C@@H](O)CCCCCCCCCCCC(=O)O. The Morgan fingerprint density at radius 1 is 0.640 bits per heavy atom. The average Bonchev–Trinajstić information content (AvgIpc) is 2.58. The third-order valence-electron chi connectivity index (χ3n) is 5.07. The number of aliphatic carboxylic acids is 1. The second kappa shape index (κ2) is 19.8. The number of carboxylic acid groups (broad SMARTS) is 1. The Balaban J connectivity index is 3.14. The lowest BCUT2D eigenvalue weighted by Crippen LogP contribution is -2.05. The molecule has 3 heteroatoms. The summed E-state index contributed by atoms with van der Waals surface area (Å²) in [5, 5.41) is 18.6. The first-order valence-electron chi connectivity index (χ1n) is 11.1. The summed E-state index contributed by atoms with van der Waals surface area (Å²) in [7, 11) is 0. The molecule has 0 bridgehead atoms. The molecule has 0 radical (unpaired) electrons. The number of hydrogen-bond donors (Lipinski definition) is 2. The van der Waals surface area contributed by atoms with Gasteiger partial charge in [0.15, 0.2) is 0 Å². The lowest BCUT2D eigenvalue weighted by Gasteiger charge is -2.10. The Morgan fingerprint density at radius 3 is 1.40 bits per heavy atom. The molecule has 0 aliphatic rings. The van der Waals surface area contributed by atoms with Gasteiger partial charge in [-0.25, -0.2) is 0 Å². The topological polar surface area (TPSA) is 57.5 Å². The van der Waals surface area contributed by atoms with Crippen LogP contribution < -0.4 is 0 Å². The van der Waals surface area contributed by atoms with E-state index in [0.29, 0.717) is 6.42 Å². The minimum atomic E-state index is -0.672. The molecule has 0 saturated carbocycles. The van der Waals surface area contributed by atoms with Gasteiger partial charge in [0.05, 0.1) is 6.10 Å². The Hall–Kier alpha value is -0.570. The van der Waals surface area contributed by atoms with Crippen molar-refractivity contribution in [3.05, 3.63) is 0 Å². The summed E-state index contributed by atoms with van der Waals surface area (Å²) in [6.45, 7) is 2.25. The standard InChI is InChI=1S/C22H44O3/c1-2-3-4-5-9-12-15-18-21(23)19-16-13-10-7-6-8-11-14-17-20-22(24)25/h21,23H,2-20H2,1H3,(H,24,25)/t21-/m1/s1. The Bertz CT molecular complexity index is 278. The van der Waals surface area contributed by atoms with Crippen LogP contribution in [0.2, 0.25) is 0 Å². The van der Waals surface area contributed by atoms with Crippen LogP contribution in [-0.2, 0) is 4.79 Å². The fraction of sp³-hybridized carbons (Fsp3) is 0.955. The monoisotopic (exact) mass is 356 g/mol. The molecule has 25 heavy (non-hydrogen) atoms. The molecule has 0 spiro atoms. The fourth-order valence-corrected chi connectivity index (χ4v) is 3.38. The van der Waals surface area contributed by atoms with Crippen molar-refractivity contribution in [2.45, 2.75) is 135 Å². The van der Waals surface area contributed by atoms with Gasteiger partial charge in [-0.2, -0.15) is 0 Å². The molecule has 0 rings (SSSR count). The van der Waals surface area contributed by atoms with Crippen LogP contribution in [0, 0.1) is 0 Å². The first kappa shape index (κ1) is 24.4. The van der Waals surface area contributed by atoms with E-state index >= 15 is 0 Å². The summed E-state index contributed by atoms with van der Waals surface area (Å²) in [5.74, 6) is -0.672. The van der Waals surface area contributed by atoms with Crippen molar-refractivity contribution >= 4 is 5.97 Å². The fourth-order valence-electron chi connectivity index (χ4n) is 3.38. The summed E-state index contributed by atoms with van der Waals surface area (Å²) < 4.78 is 0. The number of carbonyl (C=O) groups is 1. The second-order valence-electron chi connectivity index (χ2n) is 7.68. The van der Waals surface area contributed by atoms with E-state index in [4.69, 9.17) is 5.11 Å². The molecule has 0 aliphatic heterocycles. The summed E-state index contributed by atoms with van der Waals surface area (Å²) in [5.41, 5.74) is 0. The minimum absolute atomic E-state index is 0.0788. The number of aliphatic hydroxyl groups excluding tert-OH is 1. The Morgan fingerprint density at radius 2 is 1.00 bits per heavy atom. The molecule has 0 amide bonds. The van der Waals surface area contributed by atoms with Crippen LogP contribution in [0.1, 0.15) is 129 Å². The number of rotatable bonds is 20. The van der Waals surface area contributed by atoms with Crippen molar-refractivity contribution in [1.29, 1.82) is 0 Å².